The number of ether oxygens (including phenoxy) is 1. The first-order valence-corrected chi connectivity index (χ1v) is 6.04. The third-order valence-electron chi connectivity index (χ3n) is 3.39. The Kier molecular flexibility index (Phi) is 4.31. The van der Waals surface area contributed by atoms with Crippen LogP contribution in [0.5, 0.6) is 0 Å². The summed E-state index contributed by atoms with van der Waals surface area (Å²) in [6, 6.07) is 4.27. The molecule has 0 radical (unpaired) electrons. The van der Waals surface area contributed by atoms with Crippen LogP contribution in [-0.2, 0) is 4.74 Å². The van der Waals surface area contributed by atoms with Gasteiger partial charge in [-0.1, -0.05) is 0 Å². The highest BCUT2D eigenvalue weighted by atomic mass is 16.5. The molecule has 0 saturated carbocycles. The second-order valence-electron chi connectivity index (χ2n) is 4.39. The summed E-state index contributed by atoms with van der Waals surface area (Å²) < 4.78 is 5.43. The van der Waals surface area contributed by atoms with Crippen LogP contribution in [0.2, 0.25) is 0 Å². The van der Waals surface area contributed by atoms with Gasteiger partial charge in [0.25, 0.3) is 0 Å². The van der Waals surface area contributed by atoms with Gasteiger partial charge >= 0.3 is 0 Å². The maximum Gasteiger partial charge on any atom is 0.0468 e. The predicted octanol–water partition coefficient (Wildman–Crippen LogP) is 1.81. The minimum atomic E-state index is 0.594. The first-order chi connectivity index (χ1) is 7.92. The molecule has 0 aliphatic carbocycles. The van der Waals surface area contributed by atoms with Gasteiger partial charge in [-0.3, -0.25) is 4.98 Å². The molecule has 1 unspecified atom stereocenters. The molecule has 1 aliphatic heterocycles. The van der Waals surface area contributed by atoms with E-state index < -0.39 is 0 Å². The summed E-state index contributed by atoms with van der Waals surface area (Å²) in [7, 11) is 2.02. The summed E-state index contributed by atoms with van der Waals surface area (Å²) in [5, 5.41) is 3.30. The zero-order valence-corrected chi connectivity index (χ0v) is 9.86. The molecular formula is C13H20N2O. The van der Waals surface area contributed by atoms with E-state index in [1.807, 2.05) is 19.4 Å². The van der Waals surface area contributed by atoms with Crippen molar-refractivity contribution in [1.82, 2.24) is 10.3 Å². The Morgan fingerprint density at radius 2 is 2.06 bits per heavy atom. The monoisotopic (exact) mass is 220 g/mol. The van der Waals surface area contributed by atoms with Crippen LogP contribution in [0.4, 0.5) is 0 Å². The molecule has 2 rings (SSSR count). The largest absolute Gasteiger partial charge is 0.381 e. The van der Waals surface area contributed by atoms with Crippen molar-refractivity contribution < 1.29 is 4.74 Å². The number of hydrogen-bond acceptors (Lipinski definition) is 3. The molecular weight excluding hydrogens is 200 g/mol. The Morgan fingerprint density at radius 3 is 2.69 bits per heavy atom. The van der Waals surface area contributed by atoms with Crippen LogP contribution in [0.15, 0.2) is 24.5 Å². The number of nitrogens with one attached hydrogen (secondary N) is 1. The fraction of sp³-hybridized carbons (Fsp3) is 0.615. The summed E-state index contributed by atoms with van der Waals surface area (Å²) >= 11 is 0. The molecule has 1 aromatic rings. The predicted molar refractivity (Wildman–Crippen MR) is 64.4 cm³/mol. The fourth-order valence-electron chi connectivity index (χ4n) is 2.51. The molecule has 1 aliphatic rings. The molecule has 0 bridgehead atoms. The van der Waals surface area contributed by atoms with Crippen molar-refractivity contribution in [2.45, 2.75) is 18.8 Å². The average Bonchev–Trinajstić information content (AvgIpc) is 2.38. The van der Waals surface area contributed by atoms with Gasteiger partial charge in [-0.15, -0.1) is 0 Å². The molecule has 0 aromatic carbocycles. The summed E-state index contributed by atoms with van der Waals surface area (Å²) in [6.07, 6.45) is 6.12. The van der Waals surface area contributed by atoms with Crippen molar-refractivity contribution in [1.29, 1.82) is 0 Å². The van der Waals surface area contributed by atoms with Gasteiger partial charge in [-0.05, 0) is 49.4 Å². The Labute approximate surface area is 97.2 Å². The molecule has 0 spiro atoms. The minimum Gasteiger partial charge on any atom is -0.381 e. The summed E-state index contributed by atoms with van der Waals surface area (Å²) in [6.45, 7) is 2.86. The average molecular weight is 220 g/mol. The Hall–Kier alpha value is -0.930. The number of rotatable bonds is 4. The van der Waals surface area contributed by atoms with E-state index >= 15 is 0 Å². The van der Waals surface area contributed by atoms with Crippen LogP contribution in [0.3, 0.4) is 0 Å². The molecule has 1 atom stereocenters. The van der Waals surface area contributed by atoms with E-state index in [9.17, 15) is 0 Å². The molecule has 2 heterocycles. The van der Waals surface area contributed by atoms with Crippen molar-refractivity contribution in [2.75, 3.05) is 26.8 Å². The van der Waals surface area contributed by atoms with Gasteiger partial charge < -0.3 is 10.1 Å². The number of aromatic nitrogens is 1. The zero-order chi connectivity index (χ0) is 11.2. The molecule has 3 heteroatoms. The summed E-state index contributed by atoms with van der Waals surface area (Å²) in [5.74, 6) is 1.33. The quantitative estimate of drug-likeness (QED) is 0.840. The van der Waals surface area contributed by atoms with Crippen molar-refractivity contribution in [3.63, 3.8) is 0 Å². The molecule has 1 fully saturated rings. The molecule has 16 heavy (non-hydrogen) atoms. The summed E-state index contributed by atoms with van der Waals surface area (Å²) in [5.41, 5.74) is 1.40. The Morgan fingerprint density at radius 1 is 1.38 bits per heavy atom. The topological polar surface area (TPSA) is 34.2 Å². The van der Waals surface area contributed by atoms with Crippen LogP contribution in [0.1, 0.15) is 24.3 Å². The lowest BCUT2D eigenvalue weighted by atomic mass is 9.81. The highest BCUT2D eigenvalue weighted by Crippen LogP contribution is 2.31. The van der Waals surface area contributed by atoms with E-state index in [0.717, 1.165) is 25.7 Å². The standard InChI is InChI=1S/C13H20N2O/c1-14-10-13(11-2-6-15-7-3-11)12-4-8-16-9-5-12/h2-3,6-7,12-14H,4-5,8-10H2,1H3. The third kappa shape index (κ3) is 2.80. The van der Waals surface area contributed by atoms with Crippen LogP contribution in [0, 0.1) is 5.92 Å². The first kappa shape index (κ1) is 11.6. The van der Waals surface area contributed by atoms with Crippen molar-refractivity contribution in [3.8, 4) is 0 Å². The molecule has 88 valence electrons. The van der Waals surface area contributed by atoms with Gasteiger partial charge in [0.1, 0.15) is 0 Å². The Balaban J connectivity index is 2.09. The lowest BCUT2D eigenvalue weighted by Gasteiger charge is -2.30. The van der Waals surface area contributed by atoms with E-state index in [0.29, 0.717) is 5.92 Å². The number of likely N-dealkylation sites (N-methyl/N-ethyl adjacent to an activating group) is 1. The lowest BCUT2D eigenvalue weighted by molar-refractivity contribution is 0.0579. The molecule has 0 amide bonds. The van der Waals surface area contributed by atoms with E-state index in [-0.39, 0.29) is 0 Å². The minimum absolute atomic E-state index is 0.594. The Bertz CT molecular complexity index is 296. The molecule has 1 aromatic heterocycles. The maximum absolute atomic E-state index is 5.43. The molecule has 3 nitrogen and oxygen atoms in total. The van der Waals surface area contributed by atoms with Gasteiger partial charge in [-0.2, -0.15) is 0 Å². The molecule has 1 saturated heterocycles. The fourth-order valence-corrected chi connectivity index (χ4v) is 2.51. The van der Waals surface area contributed by atoms with E-state index in [1.54, 1.807) is 0 Å². The van der Waals surface area contributed by atoms with Crippen molar-refractivity contribution in [3.05, 3.63) is 30.1 Å². The molecule has 1 N–H and O–H groups in total. The van der Waals surface area contributed by atoms with Crippen LogP contribution < -0.4 is 5.32 Å². The first-order valence-electron chi connectivity index (χ1n) is 6.04. The SMILES string of the molecule is CNCC(c1ccncc1)C1CCOCC1. The lowest BCUT2D eigenvalue weighted by Crippen LogP contribution is -2.28. The van der Waals surface area contributed by atoms with Gasteiger partial charge in [0.2, 0.25) is 0 Å². The number of pyridine rings is 1. The van der Waals surface area contributed by atoms with Gasteiger partial charge in [-0.25, -0.2) is 0 Å². The van der Waals surface area contributed by atoms with Crippen molar-refractivity contribution in [2.24, 2.45) is 5.92 Å². The zero-order valence-electron chi connectivity index (χ0n) is 9.86. The van der Waals surface area contributed by atoms with Gasteiger partial charge in [0.05, 0.1) is 0 Å². The number of nitrogens with zero attached hydrogens (tertiary/aromatic N) is 1. The second kappa shape index (κ2) is 5.97. The third-order valence-corrected chi connectivity index (χ3v) is 3.39. The van der Waals surface area contributed by atoms with Crippen LogP contribution in [-0.4, -0.2) is 31.8 Å². The normalized spacial score (nSPS) is 19.6. The smallest absolute Gasteiger partial charge is 0.0468 e. The highest BCUT2D eigenvalue weighted by Gasteiger charge is 2.24. The maximum atomic E-state index is 5.43. The van der Waals surface area contributed by atoms with Crippen LogP contribution in [0.25, 0.3) is 0 Å². The highest BCUT2D eigenvalue weighted by molar-refractivity contribution is 5.17. The van der Waals surface area contributed by atoms with E-state index in [1.165, 1.54) is 18.4 Å². The second-order valence-corrected chi connectivity index (χ2v) is 4.39. The van der Waals surface area contributed by atoms with Gasteiger partial charge in [0.15, 0.2) is 0 Å². The van der Waals surface area contributed by atoms with Crippen molar-refractivity contribution >= 4 is 0 Å². The van der Waals surface area contributed by atoms with Gasteiger partial charge in [0, 0.05) is 32.2 Å². The summed E-state index contributed by atoms with van der Waals surface area (Å²) in [4.78, 5) is 4.09. The number of hydrogen-bond donors (Lipinski definition) is 1. The van der Waals surface area contributed by atoms with E-state index in [2.05, 4.69) is 22.4 Å². The van der Waals surface area contributed by atoms with Crippen LogP contribution >= 0.6 is 0 Å². The van der Waals surface area contributed by atoms with E-state index in [4.69, 9.17) is 4.74 Å².